The Morgan fingerprint density at radius 3 is 2.71 bits per heavy atom. The Kier molecular flexibility index (Phi) is 3.73. The molecule has 2 heterocycles. The number of pyridine rings is 2. The largest absolute Gasteiger partial charge is 0.396 e. The van der Waals surface area contributed by atoms with Gasteiger partial charge in [0, 0.05) is 23.0 Å². The Bertz CT molecular complexity index is 1060. The van der Waals surface area contributed by atoms with E-state index in [1.807, 2.05) is 0 Å². The van der Waals surface area contributed by atoms with Crippen LogP contribution in [-0.2, 0) is 0 Å². The highest BCUT2D eigenvalue weighted by molar-refractivity contribution is 6.35. The van der Waals surface area contributed by atoms with Crippen molar-refractivity contribution in [2.75, 3.05) is 11.5 Å². The third kappa shape index (κ3) is 2.30. The molecular weight excluding hydrogens is 333 g/mol. The van der Waals surface area contributed by atoms with E-state index in [4.69, 9.17) is 28.5 Å². The molecule has 0 aliphatic carbocycles. The molecule has 0 amide bonds. The first-order chi connectivity index (χ1) is 11.3. The molecule has 24 heavy (non-hydrogen) atoms. The lowest BCUT2D eigenvalue weighted by Crippen LogP contribution is -2.15. The fourth-order valence-electron chi connectivity index (χ4n) is 2.61. The Morgan fingerprint density at radius 1 is 1.33 bits per heavy atom. The maximum atomic E-state index is 13.7. The van der Waals surface area contributed by atoms with Gasteiger partial charge in [0.25, 0.3) is 5.56 Å². The Labute approximate surface area is 140 Å². The minimum absolute atomic E-state index is 0.106. The third-order valence-electron chi connectivity index (χ3n) is 3.74. The number of hydrogen-bond acceptors (Lipinski definition) is 5. The number of fused-ring (bicyclic) bond motifs is 1. The summed E-state index contributed by atoms with van der Waals surface area (Å²) in [6.07, 6.45) is 0.914. The fourth-order valence-corrected chi connectivity index (χ4v) is 2.91. The number of aromatic nitrogens is 2. The zero-order chi connectivity index (χ0) is 17.6. The van der Waals surface area contributed by atoms with Crippen molar-refractivity contribution in [3.8, 4) is 11.1 Å². The van der Waals surface area contributed by atoms with Crippen molar-refractivity contribution in [2.45, 2.75) is 6.92 Å². The summed E-state index contributed by atoms with van der Waals surface area (Å²) in [5, 5.41) is 7.85. The lowest BCUT2D eigenvalue weighted by atomic mass is 9.96. The first-order valence-corrected chi connectivity index (χ1v) is 7.30. The van der Waals surface area contributed by atoms with Crippen LogP contribution >= 0.6 is 11.6 Å². The van der Waals surface area contributed by atoms with Crippen LogP contribution < -0.4 is 17.0 Å². The number of nitrogens with zero attached hydrogens (tertiary/aromatic N) is 1. The van der Waals surface area contributed by atoms with Crippen molar-refractivity contribution in [3.05, 3.63) is 50.7 Å². The van der Waals surface area contributed by atoms with Gasteiger partial charge in [-0.25, -0.2) is 4.39 Å². The van der Waals surface area contributed by atoms with E-state index in [0.29, 0.717) is 27.3 Å². The quantitative estimate of drug-likeness (QED) is 0.421. The molecule has 6 nitrogen and oxygen atoms in total. The molecule has 0 spiro atoms. The molecule has 0 aliphatic heterocycles. The predicted octanol–water partition coefficient (Wildman–Crippen LogP) is 2.85. The van der Waals surface area contributed by atoms with Crippen LogP contribution in [0.1, 0.15) is 11.3 Å². The van der Waals surface area contributed by atoms with Crippen LogP contribution in [0.25, 0.3) is 22.2 Å². The molecule has 0 saturated heterocycles. The number of aryl methyl sites for hydroxylation is 1. The molecule has 0 fully saturated rings. The van der Waals surface area contributed by atoms with Gasteiger partial charge in [-0.15, -0.1) is 0 Å². The van der Waals surface area contributed by atoms with Crippen molar-refractivity contribution in [2.24, 2.45) is 0 Å². The highest BCUT2D eigenvalue weighted by atomic mass is 35.5. The SMILES string of the molecule is Cc1cc(Cl)c2[nH]c(=O)c(N)c(-c3ccc(F)c(N)c3C=N)c2n1. The van der Waals surface area contributed by atoms with Gasteiger partial charge in [0.1, 0.15) is 11.5 Å². The van der Waals surface area contributed by atoms with Crippen molar-refractivity contribution in [3.63, 3.8) is 0 Å². The number of benzene rings is 1. The number of aromatic amines is 1. The van der Waals surface area contributed by atoms with E-state index in [2.05, 4.69) is 9.97 Å². The standard InChI is InChI=1S/C16H13ClFN5O/c1-6-4-9(17)14-15(22-6)11(13(21)16(24)23-14)7-2-3-10(18)12(20)8(7)5-19/h2-5,19H,20-21H2,1H3,(H,23,24). The number of anilines is 2. The van der Waals surface area contributed by atoms with Crippen LogP contribution in [0, 0.1) is 18.2 Å². The van der Waals surface area contributed by atoms with Gasteiger partial charge in [0.05, 0.1) is 21.7 Å². The van der Waals surface area contributed by atoms with E-state index in [0.717, 1.165) is 12.3 Å². The molecular formula is C16H13ClFN5O. The van der Waals surface area contributed by atoms with E-state index in [9.17, 15) is 9.18 Å². The number of nitrogen functional groups attached to an aromatic ring is 2. The van der Waals surface area contributed by atoms with Crippen LogP contribution in [0.3, 0.4) is 0 Å². The van der Waals surface area contributed by atoms with E-state index in [-0.39, 0.29) is 22.5 Å². The Balaban J connectivity index is 2.56. The molecule has 122 valence electrons. The molecule has 0 bridgehead atoms. The lowest BCUT2D eigenvalue weighted by Gasteiger charge is -2.14. The topological polar surface area (TPSA) is 122 Å². The molecule has 0 unspecified atom stereocenters. The second kappa shape index (κ2) is 5.61. The second-order valence-electron chi connectivity index (χ2n) is 5.28. The fraction of sp³-hybridized carbons (Fsp3) is 0.0625. The molecule has 2 aromatic heterocycles. The van der Waals surface area contributed by atoms with Crippen molar-refractivity contribution < 1.29 is 4.39 Å². The van der Waals surface area contributed by atoms with Gasteiger partial charge in [-0.2, -0.15) is 0 Å². The average molecular weight is 346 g/mol. The summed E-state index contributed by atoms with van der Waals surface area (Å²) >= 11 is 6.20. The second-order valence-corrected chi connectivity index (χ2v) is 5.69. The van der Waals surface area contributed by atoms with Gasteiger partial charge in [0.15, 0.2) is 0 Å². The highest BCUT2D eigenvalue weighted by Crippen LogP contribution is 2.36. The zero-order valence-electron chi connectivity index (χ0n) is 12.6. The minimum Gasteiger partial charge on any atom is -0.396 e. The van der Waals surface area contributed by atoms with Gasteiger partial charge >= 0.3 is 0 Å². The monoisotopic (exact) mass is 345 g/mol. The number of H-pyrrole nitrogens is 1. The van der Waals surface area contributed by atoms with Crippen LogP contribution in [-0.4, -0.2) is 16.2 Å². The van der Waals surface area contributed by atoms with E-state index < -0.39 is 11.4 Å². The summed E-state index contributed by atoms with van der Waals surface area (Å²) in [5.74, 6) is -0.660. The van der Waals surface area contributed by atoms with Crippen LogP contribution in [0.15, 0.2) is 23.0 Å². The van der Waals surface area contributed by atoms with Gasteiger partial charge in [0.2, 0.25) is 0 Å². The van der Waals surface area contributed by atoms with Crippen LogP contribution in [0.5, 0.6) is 0 Å². The Hall–Kier alpha value is -2.93. The molecule has 3 rings (SSSR count). The summed E-state index contributed by atoms with van der Waals surface area (Å²) in [6, 6.07) is 4.17. The predicted molar refractivity (Wildman–Crippen MR) is 94.2 cm³/mol. The highest BCUT2D eigenvalue weighted by Gasteiger charge is 2.20. The van der Waals surface area contributed by atoms with Crippen molar-refractivity contribution in [1.29, 1.82) is 5.41 Å². The zero-order valence-corrected chi connectivity index (χ0v) is 13.3. The summed E-state index contributed by atoms with van der Waals surface area (Å²) in [7, 11) is 0. The van der Waals surface area contributed by atoms with Crippen molar-refractivity contribution >= 4 is 40.2 Å². The maximum absolute atomic E-state index is 13.7. The molecule has 8 heteroatoms. The number of halogens is 2. The first-order valence-electron chi connectivity index (χ1n) is 6.92. The number of rotatable bonds is 2. The summed E-state index contributed by atoms with van der Waals surface area (Å²) < 4.78 is 13.7. The van der Waals surface area contributed by atoms with Gasteiger partial charge in [-0.1, -0.05) is 17.7 Å². The summed E-state index contributed by atoms with van der Waals surface area (Å²) in [4.78, 5) is 19.2. The average Bonchev–Trinajstić information content (AvgIpc) is 2.53. The molecule has 0 radical (unpaired) electrons. The molecule has 1 aromatic carbocycles. The van der Waals surface area contributed by atoms with E-state index >= 15 is 0 Å². The number of hydrogen-bond donors (Lipinski definition) is 4. The molecule has 0 atom stereocenters. The normalized spacial score (nSPS) is 11.0. The number of nitrogens with two attached hydrogens (primary N) is 2. The van der Waals surface area contributed by atoms with Crippen LogP contribution in [0.4, 0.5) is 15.8 Å². The Morgan fingerprint density at radius 2 is 2.04 bits per heavy atom. The molecule has 6 N–H and O–H groups in total. The molecule has 0 aliphatic rings. The molecule has 0 saturated carbocycles. The van der Waals surface area contributed by atoms with E-state index in [1.54, 1.807) is 13.0 Å². The number of nitrogens with one attached hydrogen (secondary N) is 2. The summed E-state index contributed by atoms with van der Waals surface area (Å²) in [6.45, 7) is 1.74. The minimum atomic E-state index is -0.660. The van der Waals surface area contributed by atoms with Crippen molar-refractivity contribution in [1.82, 2.24) is 9.97 Å². The smallest absolute Gasteiger partial charge is 0.272 e. The van der Waals surface area contributed by atoms with Gasteiger partial charge in [-0.05, 0) is 24.6 Å². The lowest BCUT2D eigenvalue weighted by molar-refractivity contribution is 0.632. The van der Waals surface area contributed by atoms with Crippen LogP contribution in [0.2, 0.25) is 5.02 Å². The van der Waals surface area contributed by atoms with Gasteiger partial charge < -0.3 is 21.9 Å². The first kappa shape index (κ1) is 15.9. The van der Waals surface area contributed by atoms with Gasteiger partial charge in [-0.3, -0.25) is 9.78 Å². The molecule has 3 aromatic rings. The maximum Gasteiger partial charge on any atom is 0.272 e. The third-order valence-corrected chi connectivity index (χ3v) is 4.03. The summed E-state index contributed by atoms with van der Waals surface area (Å²) in [5.41, 5.74) is 12.8. The van der Waals surface area contributed by atoms with E-state index in [1.165, 1.54) is 6.07 Å².